The summed E-state index contributed by atoms with van der Waals surface area (Å²) in [4.78, 5) is 83.5. The molecule has 2 unspecified atom stereocenters. The Balaban J connectivity index is 0.000000355. The third kappa shape index (κ3) is 18.3. The van der Waals surface area contributed by atoms with Gasteiger partial charge in [0.15, 0.2) is 0 Å². The van der Waals surface area contributed by atoms with Gasteiger partial charge in [-0.15, -0.1) is 0 Å². The van der Waals surface area contributed by atoms with Gasteiger partial charge in [0.2, 0.25) is 17.7 Å². The molecule has 0 fully saturated rings. The smallest absolute Gasteiger partial charge is 0.326 e. The molecule has 2 atom stereocenters. The molecule has 3 amide bonds. The molecule has 16 heteroatoms. The highest BCUT2D eigenvalue weighted by molar-refractivity contribution is 7.52. The van der Waals surface area contributed by atoms with E-state index in [9.17, 15) is 38.1 Å². The van der Waals surface area contributed by atoms with Crippen molar-refractivity contribution in [2.45, 2.75) is 32.6 Å². The summed E-state index contributed by atoms with van der Waals surface area (Å²) in [6.07, 6.45) is -0.879. The second-order valence-electron chi connectivity index (χ2n) is 11.3. The lowest BCUT2D eigenvalue weighted by Crippen LogP contribution is -2.35. The number of nitrogens with one attached hydrogen (secondary N) is 3. The van der Waals surface area contributed by atoms with Gasteiger partial charge in [-0.3, -0.25) is 28.3 Å². The normalized spacial score (nSPS) is 12.4. The Labute approximate surface area is 284 Å². The predicted molar refractivity (Wildman–Crippen MR) is 184 cm³/mol. The van der Waals surface area contributed by atoms with Crippen molar-refractivity contribution in [2.75, 3.05) is 30.7 Å². The van der Waals surface area contributed by atoms with Gasteiger partial charge in [0.05, 0.1) is 30.6 Å². The van der Waals surface area contributed by atoms with Crippen LogP contribution in [0.5, 0.6) is 0 Å². The van der Waals surface area contributed by atoms with Crippen molar-refractivity contribution in [1.82, 2.24) is 10.6 Å². The van der Waals surface area contributed by atoms with Gasteiger partial charge < -0.3 is 40.6 Å². The molecule has 0 spiro atoms. The Hall–Kier alpha value is -4.16. The summed E-state index contributed by atoms with van der Waals surface area (Å²) in [5, 5.41) is 16.3. The van der Waals surface area contributed by atoms with E-state index in [1.807, 2.05) is 31.2 Å². The number of carboxylic acid groups (broad SMARTS) is 1. The summed E-state index contributed by atoms with van der Waals surface area (Å²) in [5.74, 6) is -4.10. The summed E-state index contributed by atoms with van der Waals surface area (Å²) >= 11 is 0. The maximum absolute atomic E-state index is 12.4. The molecule has 0 saturated heterocycles. The van der Waals surface area contributed by atoms with E-state index in [0.29, 0.717) is 5.69 Å². The van der Waals surface area contributed by atoms with Crippen molar-refractivity contribution in [2.24, 2.45) is 11.8 Å². The van der Waals surface area contributed by atoms with Crippen molar-refractivity contribution >= 4 is 44.6 Å². The van der Waals surface area contributed by atoms with Gasteiger partial charge in [0.1, 0.15) is 0 Å². The van der Waals surface area contributed by atoms with E-state index in [4.69, 9.17) is 14.9 Å². The molecular weight excluding hydrogens is 676 g/mol. The first-order valence-corrected chi connectivity index (χ1v) is 18.9. The van der Waals surface area contributed by atoms with Crippen molar-refractivity contribution < 1.29 is 53.0 Å². The number of amides is 3. The van der Waals surface area contributed by atoms with Gasteiger partial charge in [0.25, 0.3) is 0 Å². The van der Waals surface area contributed by atoms with Crippen molar-refractivity contribution in [3.05, 3.63) is 102 Å². The molecule has 0 saturated carbocycles. The summed E-state index contributed by atoms with van der Waals surface area (Å²) in [6.45, 7) is 1.90. The largest absolute Gasteiger partial charge is 0.481 e. The van der Waals surface area contributed by atoms with E-state index in [-0.39, 0.29) is 44.7 Å². The number of aliphatic carboxylic acids is 1. The van der Waals surface area contributed by atoms with Crippen LogP contribution >= 0.6 is 15.2 Å². The number of hydrogen-bond acceptors (Lipinski definition) is 6. The van der Waals surface area contributed by atoms with Crippen LogP contribution in [0, 0.1) is 18.8 Å². The molecule has 14 nitrogen and oxygen atoms in total. The highest BCUT2D eigenvalue weighted by atomic mass is 31.2. The third-order valence-corrected chi connectivity index (χ3v) is 8.85. The number of rotatable bonds is 17. The maximum Gasteiger partial charge on any atom is 0.326 e. The first kappa shape index (κ1) is 41.0. The summed E-state index contributed by atoms with van der Waals surface area (Å²) in [7, 11) is -8.70. The van der Waals surface area contributed by atoms with Crippen LogP contribution in [-0.4, -0.2) is 73.8 Å². The van der Waals surface area contributed by atoms with Crippen LogP contribution < -0.4 is 16.0 Å². The number of para-hydroxylation sites is 1. The second-order valence-corrected chi connectivity index (χ2v) is 14.7. The Morgan fingerprint density at radius 3 is 1.45 bits per heavy atom. The van der Waals surface area contributed by atoms with E-state index in [2.05, 4.69) is 16.0 Å². The molecule has 0 aromatic heterocycles. The van der Waals surface area contributed by atoms with Gasteiger partial charge >= 0.3 is 21.2 Å². The Kier molecular flexibility index (Phi) is 17.1. The number of aryl methyl sites for hydroxylation is 1. The fourth-order valence-electron chi connectivity index (χ4n) is 4.66. The second kappa shape index (κ2) is 20.4. The van der Waals surface area contributed by atoms with E-state index >= 15 is 0 Å². The van der Waals surface area contributed by atoms with Gasteiger partial charge in [0, 0.05) is 25.2 Å². The molecule has 0 aliphatic carbocycles. The average molecular weight is 720 g/mol. The minimum Gasteiger partial charge on any atom is -0.481 e. The Bertz CT molecular complexity index is 1610. The van der Waals surface area contributed by atoms with E-state index in [0.717, 1.165) is 16.7 Å². The van der Waals surface area contributed by atoms with Crippen LogP contribution in [0.15, 0.2) is 84.9 Å². The molecule has 3 aromatic rings. The molecule has 3 rings (SSSR count). The number of hydrogen-bond donors (Lipinski definition) is 8. The summed E-state index contributed by atoms with van der Waals surface area (Å²) in [5.41, 5.74) is 3.24. The van der Waals surface area contributed by atoms with E-state index in [1.54, 1.807) is 60.7 Å². The molecule has 0 radical (unpaired) electrons. The molecular formula is C33H43N3O11P2. The predicted octanol–water partition coefficient (Wildman–Crippen LogP) is 3.09. The first-order valence-electron chi connectivity index (χ1n) is 15.3. The van der Waals surface area contributed by atoms with Crippen molar-refractivity contribution in [3.63, 3.8) is 0 Å². The van der Waals surface area contributed by atoms with Crippen LogP contribution in [0.25, 0.3) is 0 Å². The van der Waals surface area contributed by atoms with Crippen LogP contribution in [-0.2, 0) is 41.1 Å². The topological polar surface area (TPSA) is 240 Å². The molecule has 0 bridgehead atoms. The van der Waals surface area contributed by atoms with E-state index in [1.165, 1.54) is 0 Å². The third-order valence-electron chi connectivity index (χ3n) is 7.02. The summed E-state index contributed by atoms with van der Waals surface area (Å²) in [6, 6.07) is 25.3. The zero-order chi connectivity index (χ0) is 36.5. The maximum atomic E-state index is 12.4. The van der Waals surface area contributed by atoms with Crippen LogP contribution in [0.4, 0.5) is 5.69 Å². The van der Waals surface area contributed by atoms with Crippen LogP contribution in [0.1, 0.15) is 29.5 Å². The molecule has 266 valence electrons. The van der Waals surface area contributed by atoms with Crippen LogP contribution in [0.3, 0.4) is 0 Å². The highest BCUT2D eigenvalue weighted by Gasteiger charge is 2.28. The van der Waals surface area contributed by atoms with Crippen molar-refractivity contribution in [3.8, 4) is 0 Å². The Morgan fingerprint density at radius 1 is 0.633 bits per heavy atom. The first-order chi connectivity index (χ1) is 23.0. The van der Waals surface area contributed by atoms with Gasteiger partial charge in [-0.25, -0.2) is 0 Å². The van der Waals surface area contributed by atoms with Crippen molar-refractivity contribution in [1.29, 1.82) is 0 Å². The zero-order valence-electron chi connectivity index (χ0n) is 27.0. The lowest BCUT2D eigenvalue weighted by atomic mass is 10.0. The standard InChI is InChI=1S/C20H25N2O5P.C13H18NO6P/c1-15-7-5-6-10-18(15)22-19(23)11-12-21-20(24)17(14-28(25,26)27)13-16-8-3-2-4-9-16;15-12(16)6-7-14-13(17)11(9-21(18,19)20)8-10-4-2-1-3-5-10/h2-10,17H,11-14H2,1H3,(H,21,24)(H,22,23)(H2,25,26,27);1-5,11H,6-9H2,(H,14,17)(H,15,16)(H2,18,19,20). The fourth-order valence-corrected chi connectivity index (χ4v) is 6.40. The minimum atomic E-state index is -4.36. The number of carboxylic acids is 1. The molecule has 0 heterocycles. The lowest BCUT2D eigenvalue weighted by molar-refractivity contribution is -0.137. The fraction of sp³-hybridized carbons (Fsp3) is 0.333. The SMILES string of the molecule is Cc1ccccc1NC(=O)CCNC(=O)C(Cc1ccccc1)CP(=O)(O)O.O=C(O)CCNC(=O)C(Cc1ccccc1)CP(=O)(O)O. The van der Waals surface area contributed by atoms with Gasteiger partial charge in [-0.05, 0) is 42.5 Å². The van der Waals surface area contributed by atoms with Gasteiger partial charge in [-0.2, -0.15) is 0 Å². The number of benzene rings is 3. The summed E-state index contributed by atoms with van der Waals surface area (Å²) < 4.78 is 22.5. The molecule has 3 aromatic carbocycles. The molecule has 0 aliphatic heterocycles. The average Bonchev–Trinajstić information content (AvgIpc) is 3.01. The zero-order valence-corrected chi connectivity index (χ0v) is 28.8. The molecule has 8 N–H and O–H groups in total. The number of carbonyl (C=O) groups is 4. The lowest BCUT2D eigenvalue weighted by Gasteiger charge is -2.17. The highest BCUT2D eigenvalue weighted by Crippen LogP contribution is 2.38. The minimum absolute atomic E-state index is 0.0635. The quantitative estimate of drug-likeness (QED) is 0.0943. The number of anilines is 1. The molecule has 49 heavy (non-hydrogen) atoms. The number of carbonyl (C=O) groups excluding carboxylic acids is 3. The molecule has 0 aliphatic rings. The van der Waals surface area contributed by atoms with Crippen LogP contribution in [0.2, 0.25) is 0 Å². The Morgan fingerprint density at radius 2 is 1.04 bits per heavy atom. The monoisotopic (exact) mass is 719 g/mol. The van der Waals surface area contributed by atoms with Gasteiger partial charge in [-0.1, -0.05) is 78.9 Å². The van der Waals surface area contributed by atoms with E-state index < -0.39 is 57.1 Å².